The number of hydrogen-bond donors (Lipinski definition) is 3. The molecule has 0 spiro atoms. The molecule has 8 heteroatoms. The lowest BCUT2D eigenvalue weighted by Gasteiger charge is -2.08. The summed E-state index contributed by atoms with van der Waals surface area (Å²) < 4.78 is 1.44. The molecule has 2 rings (SSSR count). The summed E-state index contributed by atoms with van der Waals surface area (Å²) in [6, 6.07) is 4.87. The second-order valence-electron chi connectivity index (χ2n) is 3.43. The highest BCUT2D eigenvalue weighted by atomic mass is 32.1. The van der Waals surface area contributed by atoms with Gasteiger partial charge in [-0.3, -0.25) is 4.79 Å². The Balaban J connectivity index is 2.31. The Labute approximate surface area is 108 Å². The van der Waals surface area contributed by atoms with Crippen LogP contribution in [0.5, 0.6) is 0 Å². The Morgan fingerprint density at radius 1 is 1.50 bits per heavy atom. The first-order valence-corrected chi connectivity index (χ1v) is 5.35. The average molecular weight is 262 g/mol. The van der Waals surface area contributed by atoms with E-state index < -0.39 is 0 Å². The molecule has 1 amide bonds. The fraction of sp³-hybridized carbons (Fsp3) is 0. The quantitative estimate of drug-likeness (QED) is 0.548. The van der Waals surface area contributed by atoms with Crippen LogP contribution in [0.25, 0.3) is 5.69 Å². The summed E-state index contributed by atoms with van der Waals surface area (Å²) in [4.78, 5) is 11.7. The van der Waals surface area contributed by atoms with E-state index >= 15 is 0 Å². The van der Waals surface area contributed by atoms with Crippen molar-refractivity contribution < 1.29 is 4.79 Å². The van der Waals surface area contributed by atoms with Crippen LogP contribution in [-0.4, -0.2) is 26.1 Å². The van der Waals surface area contributed by atoms with Crippen LogP contribution in [0.4, 0.5) is 5.69 Å². The molecule has 0 saturated carbocycles. The standard InChI is InChI=1S/C10H10N6OS/c1-6(18)13-10(17)8-3-2-7(4-9(8)11)16-5-12-14-15-16/h2-5,18H,1,11H2,(H,13,17). The van der Waals surface area contributed by atoms with Crippen molar-refractivity contribution in [1.29, 1.82) is 0 Å². The highest BCUT2D eigenvalue weighted by Crippen LogP contribution is 2.16. The van der Waals surface area contributed by atoms with Crippen molar-refractivity contribution >= 4 is 24.2 Å². The van der Waals surface area contributed by atoms with Crippen molar-refractivity contribution in [3.8, 4) is 5.69 Å². The minimum absolute atomic E-state index is 0.254. The normalized spacial score (nSPS) is 10.1. The predicted octanol–water partition coefficient (Wildman–Crippen LogP) is 0.375. The van der Waals surface area contributed by atoms with Crippen LogP contribution in [0.15, 0.2) is 36.1 Å². The Bertz CT molecular complexity index is 594. The lowest BCUT2D eigenvalue weighted by molar-refractivity contribution is 0.0970. The number of aromatic nitrogens is 4. The fourth-order valence-electron chi connectivity index (χ4n) is 1.38. The van der Waals surface area contributed by atoms with Gasteiger partial charge in [0.1, 0.15) is 6.33 Å². The molecule has 1 aromatic heterocycles. The molecule has 18 heavy (non-hydrogen) atoms. The predicted molar refractivity (Wildman–Crippen MR) is 69.2 cm³/mol. The third-order valence-electron chi connectivity index (χ3n) is 2.15. The van der Waals surface area contributed by atoms with E-state index in [9.17, 15) is 4.79 Å². The monoisotopic (exact) mass is 262 g/mol. The molecule has 0 unspecified atom stereocenters. The van der Waals surface area contributed by atoms with E-state index in [0.717, 1.165) is 0 Å². The summed E-state index contributed by atoms with van der Waals surface area (Å²) in [7, 11) is 0. The molecule has 1 heterocycles. The maximum absolute atomic E-state index is 11.7. The molecular formula is C10H10N6OS. The van der Waals surface area contributed by atoms with Gasteiger partial charge in [-0.1, -0.05) is 6.58 Å². The number of rotatable bonds is 3. The van der Waals surface area contributed by atoms with Gasteiger partial charge in [0.05, 0.1) is 16.3 Å². The third kappa shape index (κ3) is 2.48. The SMILES string of the molecule is C=C(S)NC(=O)c1ccc(-n2cnnn2)cc1N. The molecule has 0 aliphatic heterocycles. The second-order valence-corrected chi connectivity index (χ2v) is 3.97. The van der Waals surface area contributed by atoms with Gasteiger partial charge in [-0.05, 0) is 28.6 Å². The smallest absolute Gasteiger partial charge is 0.258 e. The maximum Gasteiger partial charge on any atom is 0.258 e. The van der Waals surface area contributed by atoms with Crippen molar-refractivity contribution in [2.45, 2.75) is 0 Å². The zero-order chi connectivity index (χ0) is 13.1. The number of carbonyl (C=O) groups excluding carboxylic acids is 1. The summed E-state index contributed by atoms with van der Waals surface area (Å²) in [6.45, 7) is 3.47. The summed E-state index contributed by atoms with van der Waals surface area (Å²) in [5.41, 5.74) is 7.12. The van der Waals surface area contributed by atoms with Crippen molar-refractivity contribution in [1.82, 2.24) is 25.5 Å². The van der Waals surface area contributed by atoms with Crippen LogP contribution in [0.1, 0.15) is 10.4 Å². The number of carbonyl (C=O) groups is 1. The van der Waals surface area contributed by atoms with E-state index in [1.807, 2.05) is 0 Å². The van der Waals surface area contributed by atoms with E-state index in [-0.39, 0.29) is 10.9 Å². The lowest BCUT2D eigenvalue weighted by Crippen LogP contribution is -2.21. The first-order valence-electron chi connectivity index (χ1n) is 4.90. The molecule has 3 N–H and O–H groups in total. The zero-order valence-corrected chi connectivity index (χ0v) is 10.1. The van der Waals surface area contributed by atoms with Crippen LogP contribution < -0.4 is 11.1 Å². The Morgan fingerprint density at radius 3 is 2.83 bits per heavy atom. The molecule has 92 valence electrons. The zero-order valence-electron chi connectivity index (χ0n) is 9.24. The molecule has 0 fully saturated rings. The largest absolute Gasteiger partial charge is 0.398 e. The highest BCUT2D eigenvalue weighted by Gasteiger charge is 2.11. The lowest BCUT2D eigenvalue weighted by atomic mass is 10.1. The molecule has 0 saturated heterocycles. The van der Waals surface area contributed by atoms with Gasteiger partial charge >= 0.3 is 0 Å². The molecule has 0 radical (unpaired) electrons. The Morgan fingerprint density at radius 2 is 2.28 bits per heavy atom. The van der Waals surface area contributed by atoms with Crippen LogP contribution >= 0.6 is 12.6 Å². The van der Waals surface area contributed by atoms with E-state index in [2.05, 4.69) is 40.0 Å². The van der Waals surface area contributed by atoms with Crippen molar-refractivity contribution in [3.63, 3.8) is 0 Å². The molecule has 0 bridgehead atoms. The molecule has 1 aromatic carbocycles. The Kier molecular flexibility index (Phi) is 3.28. The van der Waals surface area contributed by atoms with E-state index in [0.29, 0.717) is 16.9 Å². The molecular weight excluding hydrogens is 252 g/mol. The molecule has 0 atom stereocenters. The number of nitrogen functional groups attached to an aromatic ring is 1. The van der Waals surface area contributed by atoms with Crippen LogP contribution in [0.3, 0.4) is 0 Å². The summed E-state index contributed by atoms with van der Waals surface area (Å²) in [5, 5.41) is 13.5. The number of tetrazole rings is 1. The topological polar surface area (TPSA) is 98.7 Å². The first-order chi connectivity index (χ1) is 8.58. The minimum Gasteiger partial charge on any atom is -0.398 e. The molecule has 0 aliphatic rings. The van der Waals surface area contributed by atoms with Gasteiger partial charge < -0.3 is 11.1 Å². The maximum atomic E-state index is 11.7. The number of amides is 1. The van der Waals surface area contributed by atoms with E-state index in [1.54, 1.807) is 18.2 Å². The first kappa shape index (κ1) is 12.1. The average Bonchev–Trinajstić information content (AvgIpc) is 2.80. The van der Waals surface area contributed by atoms with Gasteiger partial charge in [-0.2, -0.15) is 0 Å². The fourth-order valence-corrected chi connectivity index (χ4v) is 1.48. The number of nitrogens with zero attached hydrogens (tertiary/aromatic N) is 4. The number of benzene rings is 1. The van der Waals surface area contributed by atoms with Gasteiger partial charge in [0, 0.05) is 5.69 Å². The Hall–Kier alpha value is -2.35. The molecule has 2 aromatic rings. The van der Waals surface area contributed by atoms with Crippen molar-refractivity contribution in [2.24, 2.45) is 0 Å². The van der Waals surface area contributed by atoms with Crippen molar-refractivity contribution in [2.75, 3.05) is 5.73 Å². The number of nitrogens with one attached hydrogen (secondary N) is 1. The number of hydrogen-bond acceptors (Lipinski definition) is 6. The molecule has 7 nitrogen and oxygen atoms in total. The number of thiol groups is 1. The van der Waals surface area contributed by atoms with Crippen molar-refractivity contribution in [3.05, 3.63) is 41.7 Å². The van der Waals surface area contributed by atoms with E-state index in [4.69, 9.17) is 5.73 Å². The van der Waals surface area contributed by atoms with E-state index in [1.165, 1.54) is 11.0 Å². The van der Waals surface area contributed by atoms with Crippen LogP contribution in [0.2, 0.25) is 0 Å². The van der Waals surface area contributed by atoms with Crippen LogP contribution in [-0.2, 0) is 0 Å². The highest BCUT2D eigenvalue weighted by molar-refractivity contribution is 7.84. The summed E-state index contributed by atoms with van der Waals surface area (Å²) in [6.07, 6.45) is 1.43. The van der Waals surface area contributed by atoms with Gasteiger partial charge in [0.15, 0.2) is 0 Å². The van der Waals surface area contributed by atoms with Crippen LogP contribution in [0, 0.1) is 0 Å². The van der Waals surface area contributed by atoms with Gasteiger partial charge in [0.25, 0.3) is 5.91 Å². The third-order valence-corrected chi connectivity index (χ3v) is 2.26. The summed E-state index contributed by atoms with van der Waals surface area (Å²) in [5.74, 6) is -0.365. The number of nitrogens with two attached hydrogens (primary N) is 1. The second kappa shape index (κ2) is 4.88. The van der Waals surface area contributed by atoms with Gasteiger partial charge in [-0.15, -0.1) is 17.7 Å². The number of anilines is 1. The molecule has 0 aliphatic carbocycles. The van der Waals surface area contributed by atoms with Gasteiger partial charge in [-0.25, -0.2) is 4.68 Å². The minimum atomic E-state index is -0.365. The van der Waals surface area contributed by atoms with Gasteiger partial charge in [0.2, 0.25) is 0 Å². The summed E-state index contributed by atoms with van der Waals surface area (Å²) >= 11 is 3.89.